The number of hydrogen-bond donors (Lipinski definition) is 3. The number of unbranched alkanes of at least 4 members (excludes halogenated alkanes) is 1. The summed E-state index contributed by atoms with van der Waals surface area (Å²) in [6.07, 6.45) is 3.88. The molecule has 0 saturated heterocycles. The molecule has 0 aromatic carbocycles. The first-order valence-electron chi connectivity index (χ1n) is 8.45. The van der Waals surface area contributed by atoms with E-state index in [1.165, 1.54) is 33.1 Å². The van der Waals surface area contributed by atoms with Crippen molar-refractivity contribution in [1.82, 2.24) is 0 Å². The molecule has 0 fully saturated rings. The van der Waals surface area contributed by atoms with Gasteiger partial charge in [0.1, 0.15) is 12.7 Å². The van der Waals surface area contributed by atoms with E-state index in [4.69, 9.17) is 15.3 Å². The molecule has 0 rings (SSSR count). The average Bonchev–Trinajstić information content (AvgIpc) is 2.54. The molecule has 2 unspecified atom stereocenters. The SMILES string of the molecule is CC(=O)OCC(O)CO.CCCCC(CC)CO.CCOC(C)=O. The molecule has 7 heteroatoms. The fourth-order valence-corrected chi connectivity index (χ4v) is 1.39. The Bertz CT molecular complexity index is 278. The molecule has 0 aromatic heterocycles. The number of esters is 2. The summed E-state index contributed by atoms with van der Waals surface area (Å²) >= 11 is 0. The molecule has 24 heavy (non-hydrogen) atoms. The minimum atomic E-state index is -0.950. The van der Waals surface area contributed by atoms with E-state index in [2.05, 4.69) is 23.3 Å². The standard InChI is InChI=1S/C8H18O.C5H10O4.C4H8O2/c1-3-5-6-8(4-2)7-9;1-4(7)9-3-5(8)2-6;1-3-6-4(2)5/h8-9H,3-7H2,1-2H3;5-6,8H,2-3H2,1H3;3H2,1-2H3. The molecule has 0 aliphatic rings. The van der Waals surface area contributed by atoms with Gasteiger partial charge in [0, 0.05) is 20.5 Å². The van der Waals surface area contributed by atoms with Gasteiger partial charge in [-0.2, -0.15) is 0 Å². The van der Waals surface area contributed by atoms with Gasteiger partial charge in [-0.05, 0) is 19.3 Å². The summed E-state index contributed by atoms with van der Waals surface area (Å²) in [6, 6.07) is 0. The highest BCUT2D eigenvalue weighted by Crippen LogP contribution is 2.10. The predicted octanol–water partition coefficient (Wildman–Crippen LogP) is 1.67. The minimum Gasteiger partial charge on any atom is -0.466 e. The third-order valence-corrected chi connectivity index (χ3v) is 2.84. The zero-order chi connectivity index (χ0) is 19.4. The maximum Gasteiger partial charge on any atom is 0.302 e. The monoisotopic (exact) mass is 352 g/mol. The Morgan fingerprint density at radius 1 is 0.958 bits per heavy atom. The summed E-state index contributed by atoms with van der Waals surface area (Å²) in [5.74, 6) is -0.107. The zero-order valence-corrected chi connectivity index (χ0v) is 15.8. The van der Waals surface area contributed by atoms with Gasteiger partial charge < -0.3 is 24.8 Å². The van der Waals surface area contributed by atoms with Crippen LogP contribution >= 0.6 is 0 Å². The summed E-state index contributed by atoms with van der Waals surface area (Å²) in [4.78, 5) is 19.9. The van der Waals surface area contributed by atoms with Crippen LogP contribution in [0.1, 0.15) is 60.3 Å². The van der Waals surface area contributed by atoms with Crippen LogP contribution in [0.4, 0.5) is 0 Å². The Hall–Kier alpha value is -1.18. The first-order valence-corrected chi connectivity index (χ1v) is 8.45. The molecule has 3 N–H and O–H groups in total. The quantitative estimate of drug-likeness (QED) is 0.541. The van der Waals surface area contributed by atoms with Gasteiger partial charge in [-0.25, -0.2) is 0 Å². The molecular formula is C17H36O7. The molecule has 0 spiro atoms. The third-order valence-electron chi connectivity index (χ3n) is 2.84. The van der Waals surface area contributed by atoms with E-state index >= 15 is 0 Å². The average molecular weight is 352 g/mol. The lowest BCUT2D eigenvalue weighted by Crippen LogP contribution is -2.20. The lowest BCUT2D eigenvalue weighted by Gasteiger charge is -2.08. The number of ether oxygens (including phenoxy) is 2. The molecule has 0 saturated carbocycles. The zero-order valence-electron chi connectivity index (χ0n) is 15.8. The van der Waals surface area contributed by atoms with Gasteiger partial charge in [0.25, 0.3) is 0 Å². The lowest BCUT2D eigenvalue weighted by atomic mass is 10.0. The van der Waals surface area contributed by atoms with Gasteiger partial charge in [-0.3, -0.25) is 9.59 Å². The minimum absolute atomic E-state index is 0.133. The van der Waals surface area contributed by atoms with Crippen LogP contribution in [0.25, 0.3) is 0 Å². The van der Waals surface area contributed by atoms with Crippen molar-refractivity contribution < 1.29 is 34.4 Å². The molecular weight excluding hydrogens is 316 g/mol. The van der Waals surface area contributed by atoms with Crippen LogP contribution < -0.4 is 0 Å². The van der Waals surface area contributed by atoms with E-state index in [1.54, 1.807) is 6.92 Å². The Kier molecular flexibility index (Phi) is 25.1. The Morgan fingerprint density at radius 2 is 1.50 bits per heavy atom. The Balaban J connectivity index is -0.000000282. The van der Waals surface area contributed by atoms with E-state index in [9.17, 15) is 9.59 Å². The van der Waals surface area contributed by atoms with Crippen LogP contribution in [0.3, 0.4) is 0 Å². The van der Waals surface area contributed by atoms with Crippen LogP contribution in [0.2, 0.25) is 0 Å². The van der Waals surface area contributed by atoms with Crippen LogP contribution in [-0.2, 0) is 19.1 Å². The van der Waals surface area contributed by atoms with Crippen molar-refractivity contribution in [1.29, 1.82) is 0 Å². The van der Waals surface area contributed by atoms with Crippen LogP contribution in [0, 0.1) is 5.92 Å². The van der Waals surface area contributed by atoms with Gasteiger partial charge in [-0.1, -0.05) is 33.1 Å². The molecule has 0 aromatic rings. The van der Waals surface area contributed by atoms with Crippen LogP contribution in [0.15, 0.2) is 0 Å². The molecule has 146 valence electrons. The molecule has 0 heterocycles. The van der Waals surface area contributed by atoms with Crippen molar-refractivity contribution in [2.75, 3.05) is 26.4 Å². The summed E-state index contributed by atoms with van der Waals surface area (Å²) < 4.78 is 8.75. The number of rotatable bonds is 9. The fourth-order valence-electron chi connectivity index (χ4n) is 1.39. The number of carbonyl (C=O) groups excluding carboxylic acids is 2. The number of carbonyl (C=O) groups is 2. The Labute approximate surface area is 146 Å². The summed E-state index contributed by atoms with van der Waals surface area (Å²) in [7, 11) is 0. The molecule has 7 nitrogen and oxygen atoms in total. The van der Waals surface area contributed by atoms with Crippen LogP contribution in [0.5, 0.6) is 0 Å². The molecule has 2 atom stereocenters. The maximum absolute atomic E-state index is 10.0. The van der Waals surface area contributed by atoms with Crippen molar-refractivity contribution >= 4 is 11.9 Å². The highest BCUT2D eigenvalue weighted by Gasteiger charge is 2.02. The summed E-state index contributed by atoms with van der Waals surface area (Å²) in [6.45, 7) is 9.07. The maximum atomic E-state index is 10.0. The van der Waals surface area contributed by atoms with Crippen molar-refractivity contribution in [2.24, 2.45) is 5.92 Å². The second-order valence-corrected chi connectivity index (χ2v) is 5.16. The molecule has 0 aliphatic carbocycles. The predicted molar refractivity (Wildman–Crippen MR) is 92.4 cm³/mol. The number of aliphatic hydroxyl groups excluding tert-OH is 3. The topological polar surface area (TPSA) is 113 Å². The third kappa shape index (κ3) is 28.9. The Morgan fingerprint density at radius 3 is 1.75 bits per heavy atom. The fraction of sp³-hybridized carbons (Fsp3) is 0.882. The first-order chi connectivity index (χ1) is 11.3. The van der Waals surface area contributed by atoms with E-state index in [0.29, 0.717) is 19.1 Å². The van der Waals surface area contributed by atoms with Gasteiger partial charge in [0.2, 0.25) is 0 Å². The van der Waals surface area contributed by atoms with E-state index in [1.807, 2.05) is 0 Å². The smallest absolute Gasteiger partial charge is 0.302 e. The van der Waals surface area contributed by atoms with Gasteiger partial charge >= 0.3 is 11.9 Å². The van der Waals surface area contributed by atoms with Crippen molar-refractivity contribution in [2.45, 2.75) is 66.4 Å². The van der Waals surface area contributed by atoms with Crippen molar-refractivity contribution in [3.63, 3.8) is 0 Å². The number of hydrogen-bond acceptors (Lipinski definition) is 7. The summed E-state index contributed by atoms with van der Waals surface area (Å²) in [5, 5.41) is 25.5. The molecule has 0 bridgehead atoms. The molecule has 0 amide bonds. The highest BCUT2D eigenvalue weighted by atomic mass is 16.5. The van der Waals surface area contributed by atoms with E-state index in [0.717, 1.165) is 6.42 Å². The first kappa shape index (κ1) is 27.7. The molecule has 0 aliphatic heterocycles. The van der Waals surface area contributed by atoms with Crippen LogP contribution in [-0.4, -0.2) is 59.8 Å². The van der Waals surface area contributed by atoms with Crippen molar-refractivity contribution in [3.8, 4) is 0 Å². The highest BCUT2D eigenvalue weighted by molar-refractivity contribution is 5.66. The second kappa shape index (κ2) is 21.8. The van der Waals surface area contributed by atoms with E-state index in [-0.39, 0.29) is 19.2 Å². The molecule has 0 radical (unpaired) electrons. The van der Waals surface area contributed by atoms with Gasteiger partial charge in [0.15, 0.2) is 0 Å². The van der Waals surface area contributed by atoms with Gasteiger partial charge in [0.05, 0.1) is 13.2 Å². The summed E-state index contributed by atoms with van der Waals surface area (Å²) in [5.41, 5.74) is 0. The van der Waals surface area contributed by atoms with Gasteiger partial charge in [-0.15, -0.1) is 0 Å². The lowest BCUT2D eigenvalue weighted by molar-refractivity contribution is -0.144. The second-order valence-electron chi connectivity index (χ2n) is 5.16. The normalized spacial score (nSPS) is 11.8. The largest absolute Gasteiger partial charge is 0.466 e. The van der Waals surface area contributed by atoms with E-state index < -0.39 is 12.1 Å². The van der Waals surface area contributed by atoms with Crippen molar-refractivity contribution in [3.05, 3.63) is 0 Å². The number of aliphatic hydroxyl groups is 3.